The summed E-state index contributed by atoms with van der Waals surface area (Å²) >= 11 is 0. The lowest BCUT2D eigenvalue weighted by Gasteiger charge is -2.23. The van der Waals surface area contributed by atoms with E-state index in [9.17, 15) is 0 Å². The lowest BCUT2D eigenvalue weighted by atomic mass is 9.99. The van der Waals surface area contributed by atoms with Crippen LogP contribution in [0.2, 0.25) is 0 Å². The molecule has 1 saturated heterocycles. The molecule has 6 rings (SSSR count). The van der Waals surface area contributed by atoms with E-state index in [1.54, 1.807) is 14.2 Å². The van der Waals surface area contributed by atoms with Crippen LogP contribution in [0.25, 0.3) is 33.1 Å². The van der Waals surface area contributed by atoms with Gasteiger partial charge in [0, 0.05) is 36.6 Å². The van der Waals surface area contributed by atoms with Crippen molar-refractivity contribution in [1.82, 2.24) is 19.7 Å². The number of pyridine rings is 1. The van der Waals surface area contributed by atoms with Crippen molar-refractivity contribution in [3.8, 4) is 22.6 Å². The Hall–Kier alpha value is -3.91. The Bertz CT molecular complexity index is 1560. The molecule has 0 bridgehead atoms. The number of rotatable bonds is 6. The minimum absolute atomic E-state index is 0.331. The highest BCUT2D eigenvalue weighted by Crippen LogP contribution is 2.40. The highest BCUT2D eigenvalue weighted by Gasteiger charge is 2.25. The fourth-order valence-corrected chi connectivity index (χ4v) is 5.43. The summed E-state index contributed by atoms with van der Waals surface area (Å²) in [4.78, 5) is 9.95. The molecular formula is C29H30N4O4. The topological polar surface area (TPSA) is 84.4 Å². The van der Waals surface area contributed by atoms with Crippen molar-refractivity contribution < 1.29 is 18.7 Å². The number of nitrogens with zero attached hydrogens (tertiary/aromatic N) is 4. The Kier molecular flexibility index (Phi) is 6.04. The monoisotopic (exact) mass is 498 g/mol. The van der Waals surface area contributed by atoms with Crippen LogP contribution in [-0.4, -0.2) is 47.1 Å². The Morgan fingerprint density at radius 1 is 1.00 bits per heavy atom. The third-order valence-corrected chi connectivity index (χ3v) is 7.31. The van der Waals surface area contributed by atoms with Crippen LogP contribution in [0.4, 0.5) is 0 Å². The lowest BCUT2D eigenvalue weighted by Crippen LogP contribution is -2.18. The quantitative estimate of drug-likeness (QED) is 0.292. The predicted molar refractivity (Wildman–Crippen MR) is 141 cm³/mol. The van der Waals surface area contributed by atoms with Crippen molar-refractivity contribution in [3.05, 3.63) is 65.4 Å². The minimum Gasteiger partial charge on any atom is -0.497 e. The van der Waals surface area contributed by atoms with Gasteiger partial charge >= 0.3 is 0 Å². The van der Waals surface area contributed by atoms with E-state index in [1.165, 1.54) is 5.56 Å². The maximum atomic E-state index is 5.89. The van der Waals surface area contributed by atoms with Gasteiger partial charge in [0.05, 0.1) is 42.7 Å². The van der Waals surface area contributed by atoms with Gasteiger partial charge in [-0.1, -0.05) is 17.3 Å². The van der Waals surface area contributed by atoms with E-state index in [0.29, 0.717) is 12.5 Å². The fraction of sp³-hybridized carbons (Fsp3) is 0.345. The van der Waals surface area contributed by atoms with E-state index in [2.05, 4.69) is 34.0 Å². The van der Waals surface area contributed by atoms with Gasteiger partial charge in [0.25, 0.3) is 0 Å². The highest BCUT2D eigenvalue weighted by atomic mass is 16.5. The van der Waals surface area contributed by atoms with Gasteiger partial charge in [0.15, 0.2) is 0 Å². The summed E-state index contributed by atoms with van der Waals surface area (Å²) in [6.45, 7) is 6.06. The summed E-state index contributed by atoms with van der Waals surface area (Å²) in [5.41, 5.74) is 6.68. The SMILES string of the molecule is COc1ccc(Cn2c(C3CCOCC3)nc3cnc4cc(-c5c(C)noc5C)c(OC)cc4c32)cc1. The molecular weight excluding hydrogens is 468 g/mol. The number of aryl methyl sites for hydroxylation is 2. The molecule has 190 valence electrons. The van der Waals surface area contributed by atoms with Crippen LogP contribution in [0.15, 0.2) is 47.1 Å². The normalized spacial score (nSPS) is 14.5. The molecule has 0 unspecified atom stereocenters. The van der Waals surface area contributed by atoms with Gasteiger partial charge in [0.2, 0.25) is 0 Å². The lowest BCUT2D eigenvalue weighted by molar-refractivity contribution is 0.0830. The molecule has 0 spiro atoms. The summed E-state index contributed by atoms with van der Waals surface area (Å²) in [6.07, 6.45) is 3.79. The number of benzene rings is 2. The molecule has 37 heavy (non-hydrogen) atoms. The second-order valence-corrected chi connectivity index (χ2v) is 9.55. The van der Waals surface area contributed by atoms with Crippen LogP contribution in [0.5, 0.6) is 11.5 Å². The predicted octanol–water partition coefficient (Wildman–Crippen LogP) is 5.82. The number of fused-ring (bicyclic) bond motifs is 3. The summed E-state index contributed by atoms with van der Waals surface area (Å²) in [5, 5.41) is 5.15. The van der Waals surface area contributed by atoms with Crippen molar-refractivity contribution in [2.24, 2.45) is 0 Å². The number of aromatic nitrogens is 4. The smallest absolute Gasteiger partial charge is 0.141 e. The first kappa shape index (κ1) is 23.5. The average Bonchev–Trinajstić information content (AvgIpc) is 3.47. The van der Waals surface area contributed by atoms with E-state index < -0.39 is 0 Å². The van der Waals surface area contributed by atoms with Crippen molar-refractivity contribution in [2.45, 2.75) is 39.2 Å². The first-order valence-corrected chi connectivity index (χ1v) is 12.6. The maximum absolute atomic E-state index is 5.89. The molecule has 0 amide bonds. The van der Waals surface area contributed by atoms with E-state index in [-0.39, 0.29) is 0 Å². The number of ether oxygens (including phenoxy) is 3. The Labute approximate surface area is 215 Å². The average molecular weight is 499 g/mol. The van der Waals surface area contributed by atoms with Crippen molar-refractivity contribution >= 4 is 21.9 Å². The fourth-order valence-electron chi connectivity index (χ4n) is 5.43. The van der Waals surface area contributed by atoms with Gasteiger partial charge in [-0.25, -0.2) is 4.98 Å². The molecule has 0 saturated carbocycles. The molecule has 1 aliphatic rings. The third kappa shape index (κ3) is 4.11. The zero-order valence-electron chi connectivity index (χ0n) is 21.6. The summed E-state index contributed by atoms with van der Waals surface area (Å²) in [6, 6.07) is 12.4. The summed E-state index contributed by atoms with van der Waals surface area (Å²) in [7, 11) is 3.38. The van der Waals surface area contributed by atoms with Gasteiger partial charge in [-0.3, -0.25) is 4.98 Å². The Morgan fingerprint density at radius 2 is 1.78 bits per heavy atom. The largest absolute Gasteiger partial charge is 0.497 e. The standard InChI is InChI=1S/C29H30N4O4/c1-17-27(18(2)37-32-17)23-13-24-22(14-26(23)35-4)28-25(15-30-24)31-29(20-9-11-36-12-10-20)33(28)16-19-5-7-21(34-3)8-6-19/h5-8,13-15,20H,9-12,16H2,1-4H3. The first-order chi connectivity index (χ1) is 18.1. The second-order valence-electron chi connectivity index (χ2n) is 9.55. The van der Waals surface area contributed by atoms with Crippen molar-refractivity contribution in [2.75, 3.05) is 27.4 Å². The number of methoxy groups -OCH3 is 2. The van der Waals surface area contributed by atoms with Crippen LogP contribution in [0.1, 0.15) is 41.6 Å². The van der Waals surface area contributed by atoms with Crippen molar-refractivity contribution in [1.29, 1.82) is 0 Å². The van der Waals surface area contributed by atoms with Crippen LogP contribution >= 0.6 is 0 Å². The van der Waals surface area contributed by atoms with Gasteiger partial charge in [0.1, 0.15) is 28.6 Å². The van der Waals surface area contributed by atoms with Crippen molar-refractivity contribution in [3.63, 3.8) is 0 Å². The molecule has 0 N–H and O–H groups in total. The molecule has 1 fully saturated rings. The molecule has 4 heterocycles. The van der Waals surface area contributed by atoms with Gasteiger partial charge in [-0.05, 0) is 56.5 Å². The summed E-state index contributed by atoms with van der Waals surface area (Å²) in [5.74, 6) is 3.76. The van der Waals surface area contributed by atoms with Gasteiger partial charge in [-0.15, -0.1) is 0 Å². The maximum Gasteiger partial charge on any atom is 0.141 e. The molecule has 8 nitrogen and oxygen atoms in total. The molecule has 2 aromatic carbocycles. The van der Waals surface area contributed by atoms with E-state index in [4.69, 9.17) is 28.7 Å². The zero-order chi connectivity index (χ0) is 25.5. The molecule has 0 aliphatic carbocycles. The van der Waals surface area contributed by atoms with Gasteiger partial charge in [-0.2, -0.15) is 0 Å². The van der Waals surface area contributed by atoms with Crippen LogP contribution in [0.3, 0.4) is 0 Å². The highest BCUT2D eigenvalue weighted by molar-refractivity contribution is 6.05. The first-order valence-electron chi connectivity index (χ1n) is 12.6. The number of hydrogen-bond acceptors (Lipinski definition) is 7. The van der Waals surface area contributed by atoms with Gasteiger partial charge < -0.3 is 23.3 Å². The van der Waals surface area contributed by atoms with E-state index in [0.717, 1.165) is 87.9 Å². The van der Waals surface area contributed by atoms with Crippen LogP contribution < -0.4 is 9.47 Å². The zero-order valence-corrected chi connectivity index (χ0v) is 21.6. The molecule has 0 radical (unpaired) electrons. The van der Waals surface area contributed by atoms with Crippen LogP contribution in [-0.2, 0) is 11.3 Å². The third-order valence-electron chi connectivity index (χ3n) is 7.31. The molecule has 1 aliphatic heterocycles. The number of hydrogen-bond donors (Lipinski definition) is 0. The van der Waals surface area contributed by atoms with E-state index >= 15 is 0 Å². The Balaban J connectivity index is 1.58. The molecule has 3 aromatic heterocycles. The van der Waals surface area contributed by atoms with Crippen LogP contribution in [0, 0.1) is 13.8 Å². The molecule has 5 aromatic rings. The summed E-state index contributed by atoms with van der Waals surface area (Å²) < 4.78 is 24.7. The molecule has 0 atom stereocenters. The van der Waals surface area contributed by atoms with E-state index in [1.807, 2.05) is 32.2 Å². The minimum atomic E-state index is 0.331. The number of imidazole rings is 1. The second kappa shape index (κ2) is 9.52. The molecule has 8 heteroatoms. The Morgan fingerprint density at radius 3 is 2.46 bits per heavy atom.